The van der Waals surface area contributed by atoms with Gasteiger partial charge in [-0.15, -0.1) is 0 Å². The van der Waals surface area contributed by atoms with E-state index < -0.39 is 0 Å². The van der Waals surface area contributed by atoms with Crippen LogP contribution in [0.15, 0.2) is 36.7 Å². The first-order valence-corrected chi connectivity index (χ1v) is 8.28. The zero-order chi connectivity index (χ0) is 15.2. The summed E-state index contributed by atoms with van der Waals surface area (Å²) in [5, 5.41) is 7.50. The number of nitrogens with zero attached hydrogens (tertiary/aromatic N) is 2. The molecule has 2 N–H and O–H groups in total. The molecule has 1 heterocycles. The summed E-state index contributed by atoms with van der Waals surface area (Å²) in [6.45, 7) is 0. The minimum atomic E-state index is 0.524. The van der Waals surface area contributed by atoms with E-state index >= 15 is 0 Å². The van der Waals surface area contributed by atoms with Crippen molar-refractivity contribution in [3.8, 4) is 0 Å². The molecule has 1 saturated carbocycles. The molecule has 116 valence electrons. The quantitative estimate of drug-likeness (QED) is 0.779. The maximum Gasteiger partial charge on any atom is 0.135 e. The predicted octanol–water partition coefficient (Wildman–Crippen LogP) is 5.01. The van der Waals surface area contributed by atoms with Gasteiger partial charge in [0.1, 0.15) is 18.0 Å². The van der Waals surface area contributed by atoms with Crippen molar-refractivity contribution >= 4 is 28.9 Å². The Balaban J connectivity index is 1.66. The third kappa shape index (κ3) is 4.34. The van der Waals surface area contributed by atoms with Crippen LogP contribution in [0, 0.1) is 0 Å². The number of benzene rings is 1. The molecule has 1 fully saturated rings. The second-order valence-electron chi connectivity index (χ2n) is 5.76. The molecule has 1 aromatic heterocycles. The fourth-order valence-corrected chi connectivity index (χ4v) is 3.04. The molecule has 1 aliphatic rings. The van der Waals surface area contributed by atoms with Crippen LogP contribution in [0.5, 0.6) is 0 Å². The van der Waals surface area contributed by atoms with Gasteiger partial charge in [-0.05, 0) is 31.0 Å². The number of halogens is 1. The molecule has 3 rings (SSSR count). The standard InChI is InChI=1S/C17H21ClN4/c18-13-6-5-9-15(10-13)22-17-11-16(19-12-20-17)21-14-7-3-1-2-4-8-14/h5-6,9-12,14H,1-4,7-8H2,(H2,19,20,21,22). The second kappa shape index (κ2) is 7.45. The molecule has 0 saturated heterocycles. The summed E-state index contributed by atoms with van der Waals surface area (Å²) < 4.78 is 0. The van der Waals surface area contributed by atoms with Gasteiger partial charge in [0.15, 0.2) is 0 Å². The van der Waals surface area contributed by atoms with E-state index in [9.17, 15) is 0 Å². The van der Waals surface area contributed by atoms with Crippen LogP contribution in [0.25, 0.3) is 0 Å². The van der Waals surface area contributed by atoms with E-state index in [1.54, 1.807) is 6.33 Å². The zero-order valence-electron chi connectivity index (χ0n) is 12.6. The molecule has 2 aromatic rings. The van der Waals surface area contributed by atoms with Crippen LogP contribution in [0.4, 0.5) is 17.3 Å². The Morgan fingerprint density at radius 1 is 0.955 bits per heavy atom. The molecule has 0 spiro atoms. The maximum atomic E-state index is 6.00. The fourth-order valence-electron chi connectivity index (χ4n) is 2.85. The first-order valence-electron chi connectivity index (χ1n) is 7.91. The molecule has 0 radical (unpaired) electrons. The zero-order valence-corrected chi connectivity index (χ0v) is 13.3. The fraction of sp³-hybridized carbons (Fsp3) is 0.412. The topological polar surface area (TPSA) is 49.8 Å². The smallest absolute Gasteiger partial charge is 0.135 e. The third-order valence-electron chi connectivity index (χ3n) is 3.97. The van der Waals surface area contributed by atoms with E-state index in [0.717, 1.165) is 17.3 Å². The summed E-state index contributed by atoms with van der Waals surface area (Å²) in [7, 11) is 0. The monoisotopic (exact) mass is 316 g/mol. The lowest BCUT2D eigenvalue weighted by atomic mass is 10.1. The molecule has 0 amide bonds. The summed E-state index contributed by atoms with van der Waals surface area (Å²) in [4.78, 5) is 8.61. The molecule has 0 bridgehead atoms. The van der Waals surface area contributed by atoms with Crippen LogP contribution >= 0.6 is 11.6 Å². The van der Waals surface area contributed by atoms with Crippen molar-refractivity contribution in [2.75, 3.05) is 10.6 Å². The van der Waals surface area contributed by atoms with Gasteiger partial charge in [0.2, 0.25) is 0 Å². The molecule has 0 atom stereocenters. The molecular weight excluding hydrogens is 296 g/mol. The Hall–Kier alpha value is -1.81. The van der Waals surface area contributed by atoms with Gasteiger partial charge in [-0.25, -0.2) is 9.97 Å². The van der Waals surface area contributed by atoms with Gasteiger partial charge >= 0.3 is 0 Å². The minimum Gasteiger partial charge on any atom is -0.367 e. The molecule has 1 aliphatic carbocycles. The van der Waals surface area contributed by atoms with Crippen molar-refractivity contribution in [2.24, 2.45) is 0 Å². The number of aromatic nitrogens is 2. The largest absolute Gasteiger partial charge is 0.367 e. The van der Waals surface area contributed by atoms with Crippen LogP contribution in [-0.4, -0.2) is 16.0 Å². The average molecular weight is 317 g/mol. The van der Waals surface area contributed by atoms with E-state index in [0.29, 0.717) is 11.1 Å². The van der Waals surface area contributed by atoms with E-state index in [1.165, 1.54) is 38.5 Å². The first kappa shape index (κ1) is 15.1. The number of nitrogens with one attached hydrogen (secondary N) is 2. The van der Waals surface area contributed by atoms with Gasteiger partial charge < -0.3 is 10.6 Å². The summed E-state index contributed by atoms with van der Waals surface area (Å²) >= 11 is 6.00. The molecular formula is C17H21ClN4. The summed E-state index contributed by atoms with van der Waals surface area (Å²) in [6, 6.07) is 10.1. The van der Waals surface area contributed by atoms with Crippen molar-refractivity contribution in [3.05, 3.63) is 41.7 Å². The highest BCUT2D eigenvalue weighted by Gasteiger charge is 2.12. The highest BCUT2D eigenvalue weighted by Crippen LogP contribution is 2.23. The molecule has 1 aromatic carbocycles. The average Bonchev–Trinajstić information content (AvgIpc) is 2.76. The van der Waals surface area contributed by atoms with Gasteiger partial charge in [0, 0.05) is 22.8 Å². The van der Waals surface area contributed by atoms with Gasteiger partial charge in [0.05, 0.1) is 0 Å². The van der Waals surface area contributed by atoms with Gasteiger partial charge in [-0.2, -0.15) is 0 Å². The molecule has 4 nitrogen and oxygen atoms in total. The van der Waals surface area contributed by atoms with Gasteiger partial charge in [-0.1, -0.05) is 43.4 Å². The molecule has 22 heavy (non-hydrogen) atoms. The number of hydrogen-bond acceptors (Lipinski definition) is 4. The van der Waals surface area contributed by atoms with Crippen molar-refractivity contribution in [2.45, 2.75) is 44.6 Å². The summed E-state index contributed by atoms with van der Waals surface area (Å²) in [5.41, 5.74) is 0.923. The molecule has 0 unspecified atom stereocenters. The number of hydrogen-bond donors (Lipinski definition) is 2. The summed E-state index contributed by atoms with van der Waals surface area (Å²) in [5.74, 6) is 1.65. The SMILES string of the molecule is Clc1cccc(Nc2cc(NC3CCCCCC3)ncn2)c1. The van der Waals surface area contributed by atoms with Crippen molar-refractivity contribution in [1.29, 1.82) is 0 Å². The van der Waals surface area contributed by atoms with Gasteiger partial charge in [-0.3, -0.25) is 0 Å². The Labute approximate surface area is 136 Å². The van der Waals surface area contributed by atoms with Crippen LogP contribution in [0.2, 0.25) is 5.02 Å². The highest BCUT2D eigenvalue weighted by atomic mass is 35.5. The van der Waals surface area contributed by atoms with Crippen molar-refractivity contribution in [3.63, 3.8) is 0 Å². The normalized spacial score (nSPS) is 16.0. The lowest BCUT2D eigenvalue weighted by Crippen LogP contribution is -2.19. The Morgan fingerprint density at radius 2 is 1.73 bits per heavy atom. The van der Waals surface area contributed by atoms with Crippen LogP contribution in [0.1, 0.15) is 38.5 Å². The van der Waals surface area contributed by atoms with E-state index in [2.05, 4.69) is 20.6 Å². The second-order valence-corrected chi connectivity index (χ2v) is 6.19. The van der Waals surface area contributed by atoms with E-state index in [4.69, 9.17) is 11.6 Å². The predicted molar refractivity (Wildman–Crippen MR) is 91.9 cm³/mol. The van der Waals surface area contributed by atoms with Gasteiger partial charge in [0.25, 0.3) is 0 Å². The Bertz CT molecular complexity index is 609. The van der Waals surface area contributed by atoms with Crippen LogP contribution in [0.3, 0.4) is 0 Å². The Kier molecular flexibility index (Phi) is 5.11. The first-order chi connectivity index (χ1) is 10.8. The third-order valence-corrected chi connectivity index (χ3v) is 4.21. The van der Waals surface area contributed by atoms with Crippen LogP contribution in [-0.2, 0) is 0 Å². The summed E-state index contributed by atoms with van der Waals surface area (Å²) in [6.07, 6.45) is 9.34. The lowest BCUT2D eigenvalue weighted by molar-refractivity contribution is 0.617. The number of anilines is 3. The van der Waals surface area contributed by atoms with Crippen molar-refractivity contribution < 1.29 is 0 Å². The molecule has 0 aliphatic heterocycles. The Morgan fingerprint density at radius 3 is 2.50 bits per heavy atom. The highest BCUT2D eigenvalue weighted by molar-refractivity contribution is 6.30. The van der Waals surface area contributed by atoms with E-state index in [1.807, 2.05) is 30.3 Å². The van der Waals surface area contributed by atoms with Crippen LogP contribution < -0.4 is 10.6 Å². The lowest BCUT2D eigenvalue weighted by Gasteiger charge is -2.17. The molecule has 5 heteroatoms. The van der Waals surface area contributed by atoms with Crippen molar-refractivity contribution in [1.82, 2.24) is 9.97 Å². The number of rotatable bonds is 4. The van der Waals surface area contributed by atoms with E-state index in [-0.39, 0.29) is 0 Å². The minimum absolute atomic E-state index is 0.524. The maximum absolute atomic E-state index is 6.00.